The van der Waals surface area contributed by atoms with Gasteiger partial charge in [-0.05, 0) is 36.6 Å². The van der Waals surface area contributed by atoms with Crippen molar-refractivity contribution in [1.82, 2.24) is 14.5 Å². The van der Waals surface area contributed by atoms with Crippen molar-refractivity contribution in [1.29, 1.82) is 0 Å². The molecule has 34 heavy (non-hydrogen) atoms. The molecule has 1 aliphatic carbocycles. The first kappa shape index (κ1) is 22.3. The number of anilines is 1. The number of aromatic nitrogens is 3. The van der Waals surface area contributed by atoms with Gasteiger partial charge in [-0.25, -0.2) is 4.98 Å². The topological polar surface area (TPSA) is 79.8 Å². The van der Waals surface area contributed by atoms with Crippen molar-refractivity contribution in [2.24, 2.45) is 0 Å². The number of carbonyl (C=O) groups is 1. The Morgan fingerprint density at radius 2 is 1.91 bits per heavy atom. The SMILES string of the molecule is O=C(CSc1nc2c(-c3ccccc3)c[nH]c2c(=O)n1C1CC1)Nc1cccc(C(F)(F)F)c1. The molecule has 0 unspecified atom stereocenters. The molecule has 0 spiro atoms. The molecule has 10 heteroatoms. The second-order valence-electron chi connectivity index (χ2n) is 8.01. The largest absolute Gasteiger partial charge is 0.416 e. The van der Waals surface area contributed by atoms with Crippen molar-refractivity contribution in [3.63, 3.8) is 0 Å². The number of halogens is 3. The standard InChI is InChI=1S/C24H19F3N4O2S/c25-24(26,27)15-7-4-8-16(11-15)29-19(32)13-34-23-30-20-18(14-5-2-1-3-6-14)12-28-21(20)22(33)31(23)17-9-10-17/h1-8,11-12,17,28H,9-10,13H2,(H,29,32). The first-order valence-electron chi connectivity index (χ1n) is 10.6. The molecule has 2 heterocycles. The molecular weight excluding hydrogens is 465 g/mol. The summed E-state index contributed by atoms with van der Waals surface area (Å²) in [6.45, 7) is 0. The zero-order valence-electron chi connectivity index (χ0n) is 17.7. The van der Waals surface area contributed by atoms with Gasteiger partial charge in [-0.15, -0.1) is 0 Å². The number of benzene rings is 2. The highest BCUT2D eigenvalue weighted by atomic mass is 32.2. The van der Waals surface area contributed by atoms with Crippen molar-refractivity contribution >= 4 is 34.4 Å². The number of nitrogens with zero attached hydrogens (tertiary/aromatic N) is 2. The van der Waals surface area contributed by atoms with E-state index in [1.54, 1.807) is 10.8 Å². The Balaban J connectivity index is 1.41. The third-order valence-corrected chi connectivity index (χ3v) is 6.45. The van der Waals surface area contributed by atoms with Gasteiger partial charge in [0.1, 0.15) is 11.0 Å². The molecule has 1 saturated carbocycles. The van der Waals surface area contributed by atoms with E-state index in [-0.39, 0.29) is 23.0 Å². The zero-order valence-corrected chi connectivity index (χ0v) is 18.5. The molecule has 2 N–H and O–H groups in total. The van der Waals surface area contributed by atoms with Crippen molar-refractivity contribution in [2.75, 3.05) is 11.1 Å². The molecule has 1 aliphatic rings. The van der Waals surface area contributed by atoms with Crippen LogP contribution in [0, 0.1) is 0 Å². The summed E-state index contributed by atoms with van der Waals surface area (Å²) in [6, 6.07) is 14.0. The molecule has 6 nitrogen and oxygen atoms in total. The molecule has 0 aliphatic heterocycles. The summed E-state index contributed by atoms with van der Waals surface area (Å²) >= 11 is 1.09. The van der Waals surface area contributed by atoms with Crippen LogP contribution in [0.25, 0.3) is 22.2 Å². The highest BCUT2D eigenvalue weighted by Crippen LogP contribution is 2.38. The molecule has 0 saturated heterocycles. The van der Waals surface area contributed by atoms with Crippen LogP contribution >= 0.6 is 11.8 Å². The van der Waals surface area contributed by atoms with Crippen LogP contribution in [0.1, 0.15) is 24.4 Å². The van der Waals surface area contributed by atoms with Gasteiger partial charge in [0, 0.05) is 23.5 Å². The highest BCUT2D eigenvalue weighted by Gasteiger charge is 2.31. The fourth-order valence-electron chi connectivity index (χ4n) is 3.75. The van der Waals surface area contributed by atoms with E-state index in [9.17, 15) is 22.8 Å². The van der Waals surface area contributed by atoms with Crippen LogP contribution in [0.15, 0.2) is 70.7 Å². The Bertz CT molecular complexity index is 1430. The summed E-state index contributed by atoms with van der Waals surface area (Å²) in [7, 11) is 0. The first-order valence-corrected chi connectivity index (χ1v) is 11.6. The number of nitrogens with one attached hydrogen (secondary N) is 2. The minimum atomic E-state index is -4.50. The number of H-pyrrole nitrogens is 1. The number of hydrogen-bond donors (Lipinski definition) is 2. The van der Waals surface area contributed by atoms with Gasteiger partial charge in [-0.2, -0.15) is 13.2 Å². The molecule has 2 aromatic heterocycles. The van der Waals surface area contributed by atoms with E-state index < -0.39 is 17.6 Å². The summed E-state index contributed by atoms with van der Waals surface area (Å²) in [4.78, 5) is 33.5. The molecule has 0 bridgehead atoms. The molecule has 1 fully saturated rings. The van der Waals surface area contributed by atoms with E-state index in [4.69, 9.17) is 4.98 Å². The summed E-state index contributed by atoms with van der Waals surface area (Å²) in [5.74, 6) is -0.593. The molecule has 4 aromatic rings. The van der Waals surface area contributed by atoms with Crippen molar-refractivity contribution in [3.05, 3.63) is 76.7 Å². The van der Waals surface area contributed by atoms with Crippen LogP contribution in [0.5, 0.6) is 0 Å². The van der Waals surface area contributed by atoms with Crippen molar-refractivity contribution in [3.8, 4) is 11.1 Å². The average Bonchev–Trinajstić information content (AvgIpc) is 3.55. The molecule has 5 rings (SSSR count). The second-order valence-corrected chi connectivity index (χ2v) is 8.95. The summed E-state index contributed by atoms with van der Waals surface area (Å²) in [6.07, 6.45) is -1.05. The Morgan fingerprint density at radius 3 is 2.62 bits per heavy atom. The highest BCUT2D eigenvalue weighted by molar-refractivity contribution is 7.99. The number of alkyl halides is 3. The van der Waals surface area contributed by atoms with Crippen LogP contribution in [-0.4, -0.2) is 26.2 Å². The Morgan fingerprint density at radius 1 is 1.15 bits per heavy atom. The van der Waals surface area contributed by atoms with Gasteiger partial charge in [-0.1, -0.05) is 48.2 Å². The first-order chi connectivity index (χ1) is 16.3. The lowest BCUT2D eigenvalue weighted by atomic mass is 10.1. The normalized spacial score (nSPS) is 13.9. The molecule has 0 radical (unpaired) electrons. The number of thioether (sulfide) groups is 1. The Labute approximate surface area is 196 Å². The van der Waals surface area contributed by atoms with E-state index >= 15 is 0 Å². The van der Waals surface area contributed by atoms with Crippen LogP contribution in [0.4, 0.5) is 18.9 Å². The maximum Gasteiger partial charge on any atom is 0.416 e. The van der Waals surface area contributed by atoms with Gasteiger partial charge < -0.3 is 10.3 Å². The number of aromatic amines is 1. The van der Waals surface area contributed by atoms with Gasteiger partial charge in [0.2, 0.25) is 5.91 Å². The maximum absolute atomic E-state index is 13.2. The number of amides is 1. The maximum atomic E-state index is 13.2. The molecular formula is C24H19F3N4O2S. The Hall–Kier alpha value is -3.53. The average molecular weight is 485 g/mol. The van der Waals surface area contributed by atoms with E-state index in [1.807, 2.05) is 30.3 Å². The van der Waals surface area contributed by atoms with Crippen LogP contribution < -0.4 is 10.9 Å². The van der Waals surface area contributed by atoms with E-state index in [1.165, 1.54) is 12.1 Å². The fraction of sp³-hybridized carbons (Fsp3) is 0.208. The number of fused-ring (bicyclic) bond motifs is 1. The van der Waals surface area contributed by atoms with Gasteiger partial charge >= 0.3 is 6.18 Å². The van der Waals surface area contributed by atoms with Gasteiger partial charge in [0.15, 0.2) is 5.16 Å². The predicted octanol–water partition coefficient (Wildman–Crippen LogP) is 5.48. The van der Waals surface area contributed by atoms with Crippen LogP contribution in [0.3, 0.4) is 0 Å². The monoisotopic (exact) mass is 484 g/mol. The lowest BCUT2D eigenvalue weighted by Crippen LogP contribution is -2.23. The second kappa shape index (κ2) is 8.68. The van der Waals surface area contributed by atoms with Gasteiger partial charge in [-0.3, -0.25) is 14.2 Å². The molecule has 1 amide bonds. The van der Waals surface area contributed by atoms with Crippen molar-refractivity contribution < 1.29 is 18.0 Å². The quantitative estimate of drug-likeness (QED) is 0.281. The van der Waals surface area contributed by atoms with Crippen molar-refractivity contribution in [2.45, 2.75) is 30.2 Å². The molecule has 2 aromatic carbocycles. The lowest BCUT2D eigenvalue weighted by molar-refractivity contribution is -0.137. The van der Waals surface area contributed by atoms with E-state index in [2.05, 4.69) is 10.3 Å². The third-order valence-electron chi connectivity index (χ3n) is 5.50. The third kappa shape index (κ3) is 4.45. The number of carbonyl (C=O) groups excluding carboxylic acids is 1. The summed E-state index contributed by atoms with van der Waals surface area (Å²) in [5.41, 5.74) is 1.64. The minimum absolute atomic E-state index is 0.0295. The minimum Gasteiger partial charge on any atom is -0.355 e. The van der Waals surface area contributed by atoms with E-state index in [0.29, 0.717) is 16.2 Å². The Kier molecular flexibility index (Phi) is 5.68. The summed E-state index contributed by atoms with van der Waals surface area (Å²) < 4.78 is 40.4. The smallest absolute Gasteiger partial charge is 0.355 e. The summed E-state index contributed by atoms with van der Waals surface area (Å²) in [5, 5.41) is 2.90. The molecule has 0 atom stereocenters. The fourth-order valence-corrected chi connectivity index (χ4v) is 4.61. The zero-order chi connectivity index (χ0) is 23.9. The number of hydrogen-bond acceptors (Lipinski definition) is 4. The van der Waals surface area contributed by atoms with Gasteiger partial charge in [0.05, 0.1) is 11.3 Å². The van der Waals surface area contributed by atoms with Crippen LogP contribution in [0.2, 0.25) is 0 Å². The lowest BCUT2D eigenvalue weighted by Gasteiger charge is -2.12. The number of rotatable bonds is 6. The van der Waals surface area contributed by atoms with Gasteiger partial charge in [0.25, 0.3) is 5.56 Å². The predicted molar refractivity (Wildman–Crippen MR) is 125 cm³/mol. The molecule has 174 valence electrons. The van der Waals surface area contributed by atoms with Crippen LogP contribution in [-0.2, 0) is 11.0 Å². The van der Waals surface area contributed by atoms with E-state index in [0.717, 1.165) is 47.9 Å².